The first-order valence-corrected chi connectivity index (χ1v) is 5.54. The molecule has 2 aromatic carbocycles. The highest BCUT2D eigenvalue weighted by atomic mass is 14.8. The fourth-order valence-corrected chi connectivity index (χ4v) is 1.52. The van der Waals surface area contributed by atoms with E-state index in [1.54, 1.807) is 6.33 Å². The van der Waals surface area contributed by atoms with Crippen molar-refractivity contribution in [3.8, 4) is 0 Å². The third-order valence-corrected chi connectivity index (χ3v) is 2.41. The van der Waals surface area contributed by atoms with Gasteiger partial charge in [0.1, 0.15) is 6.33 Å². The van der Waals surface area contributed by atoms with Crippen LogP contribution in [-0.2, 0) is 0 Å². The standard InChI is InChI=1S/C9H8N2.C6H6/c1-7-8-4-2-3-5-9(8)11-6-10-7;1-2-4-6-5-3-1/h2-6H,1H3;1-6H. The summed E-state index contributed by atoms with van der Waals surface area (Å²) in [4.78, 5) is 8.23. The highest BCUT2D eigenvalue weighted by molar-refractivity contribution is 5.80. The summed E-state index contributed by atoms with van der Waals surface area (Å²) in [5, 5.41) is 1.13. The quantitative estimate of drug-likeness (QED) is 0.580. The summed E-state index contributed by atoms with van der Waals surface area (Å²) in [6.45, 7) is 1.99. The molecule has 2 nitrogen and oxygen atoms in total. The number of aromatic nitrogens is 2. The van der Waals surface area contributed by atoms with E-state index in [4.69, 9.17) is 0 Å². The van der Waals surface area contributed by atoms with Gasteiger partial charge >= 0.3 is 0 Å². The first-order valence-electron chi connectivity index (χ1n) is 5.54. The van der Waals surface area contributed by atoms with Crippen molar-refractivity contribution in [3.63, 3.8) is 0 Å². The molecule has 84 valence electrons. The lowest BCUT2D eigenvalue weighted by Gasteiger charge is -1.96. The Morgan fingerprint density at radius 1 is 0.706 bits per heavy atom. The second-order valence-corrected chi connectivity index (χ2v) is 3.63. The van der Waals surface area contributed by atoms with Crippen LogP contribution in [0.5, 0.6) is 0 Å². The molecule has 3 aromatic rings. The van der Waals surface area contributed by atoms with Crippen molar-refractivity contribution in [3.05, 3.63) is 72.7 Å². The Balaban J connectivity index is 0.000000153. The van der Waals surface area contributed by atoms with Crippen LogP contribution in [0, 0.1) is 6.92 Å². The second-order valence-electron chi connectivity index (χ2n) is 3.63. The van der Waals surface area contributed by atoms with E-state index in [2.05, 4.69) is 9.97 Å². The lowest BCUT2D eigenvalue weighted by atomic mass is 10.2. The van der Waals surface area contributed by atoms with Crippen LogP contribution in [0.25, 0.3) is 10.9 Å². The lowest BCUT2D eigenvalue weighted by molar-refractivity contribution is 1.15. The molecular weight excluding hydrogens is 208 g/mol. The summed E-state index contributed by atoms with van der Waals surface area (Å²) in [6.07, 6.45) is 1.59. The highest BCUT2D eigenvalue weighted by Gasteiger charge is 1.94. The van der Waals surface area contributed by atoms with Gasteiger partial charge in [0.15, 0.2) is 0 Å². The average Bonchev–Trinajstić information content (AvgIpc) is 2.42. The van der Waals surface area contributed by atoms with Gasteiger partial charge < -0.3 is 0 Å². The molecule has 0 spiro atoms. The van der Waals surface area contributed by atoms with Gasteiger partial charge in [-0.15, -0.1) is 0 Å². The molecule has 17 heavy (non-hydrogen) atoms. The van der Waals surface area contributed by atoms with Crippen LogP contribution in [0.15, 0.2) is 67.0 Å². The van der Waals surface area contributed by atoms with Gasteiger partial charge in [-0.2, -0.15) is 0 Å². The van der Waals surface area contributed by atoms with Crippen molar-refractivity contribution in [2.45, 2.75) is 6.92 Å². The zero-order chi connectivity index (χ0) is 11.9. The van der Waals surface area contributed by atoms with E-state index in [1.165, 1.54) is 0 Å². The van der Waals surface area contributed by atoms with Crippen LogP contribution in [0.1, 0.15) is 5.69 Å². The Labute approximate surface area is 101 Å². The van der Waals surface area contributed by atoms with E-state index >= 15 is 0 Å². The Morgan fingerprint density at radius 2 is 1.29 bits per heavy atom. The minimum Gasteiger partial charge on any atom is -0.241 e. The molecule has 0 fully saturated rings. The minimum atomic E-state index is 1.01. The smallest absolute Gasteiger partial charge is 0.116 e. The number of hydrogen-bond donors (Lipinski definition) is 0. The van der Waals surface area contributed by atoms with Gasteiger partial charge in [-0.25, -0.2) is 9.97 Å². The van der Waals surface area contributed by atoms with E-state index in [1.807, 2.05) is 67.6 Å². The molecule has 0 amide bonds. The molecule has 3 rings (SSSR count). The summed E-state index contributed by atoms with van der Waals surface area (Å²) in [5.41, 5.74) is 2.05. The van der Waals surface area contributed by atoms with Crippen molar-refractivity contribution >= 4 is 10.9 Å². The summed E-state index contributed by atoms with van der Waals surface area (Å²) in [6, 6.07) is 20.0. The van der Waals surface area contributed by atoms with Crippen molar-refractivity contribution in [2.24, 2.45) is 0 Å². The molecule has 0 unspecified atom stereocenters. The SMILES string of the molecule is Cc1ncnc2ccccc12.c1ccccc1. The van der Waals surface area contributed by atoms with Crippen molar-refractivity contribution < 1.29 is 0 Å². The number of fused-ring (bicyclic) bond motifs is 1. The van der Waals surface area contributed by atoms with Crippen LogP contribution >= 0.6 is 0 Å². The third-order valence-electron chi connectivity index (χ3n) is 2.41. The third kappa shape index (κ3) is 3.11. The van der Waals surface area contributed by atoms with Crippen molar-refractivity contribution in [2.75, 3.05) is 0 Å². The molecule has 0 saturated heterocycles. The first kappa shape index (κ1) is 11.3. The van der Waals surface area contributed by atoms with E-state index in [9.17, 15) is 0 Å². The molecule has 0 aliphatic heterocycles. The molecule has 2 heteroatoms. The Kier molecular flexibility index (Phi) is 3.81. The lowest BCUT2D eigenvalue weighted by Crippen LogP contribution is -1.85. The van der Waals surface area contributed by atoms with Gasteiger partial charge in [-0.1, -0.05) is 54.6 Å². The van der Waals surface area contributed by atoms with Crippen LogP contribution in [0.3, 0.4) is 0 Å². The van der Waals surface area contributed by atoms with Crippen molar-refractivity contribution in [1.82, 2.24) is 9.97 Å². The van der Waals surface area contributed by atoms with Gasteiger partial charge in [0.25, 0.3) is 0 Å². The molecule has 0 aliphatic carbocycles. The summed E-state index contributed by atoms with van der Waals surface area (Å²) >= 11 is 0. The largest absolute Gasteiger partial charge is 0.241 e. The fraction of sp³-hybridized carbons (Fsp3) is 0.0667. The monoisotopic (exact) mass is 222 g/mol. The molecule has 1 aromatic heterocycles. The molecule has 0 saturated carbocycles. The number of hydrogen-bond acceptors (Lipinski definition) is 2. The van der Waals surface area contributed by atoms with Crippen LogP contribution in [0.4, 0.5) is 0 Å². The highest BCUT2D eigenvalue weighted by Crippen LogP contribution is 2.11. The Hall–Kier alpha value is -2.22. The van der Waals surface area contributed by atoms with E-state index < -0.39 is 0 Å². The topological polar surface area (TPSA) is 25.8 Å². The molecule has 1 heterocycles. The van der Waals surface area contributed by atoms with Crippen LogP contribution in [0.2, 0.25) is 0 Å². The van der Waals surface area contributed by atoms with Crippen molar-refractivity contribution in [1.29, 1.82) is 0 Å². The van der Waals surface area contributed by atoms with Gasteiger partial charge in [-0.05, 0) is 13.0 Å². The van der Waals surface area contributed by atoms with E-state index in [0.717, 1.165) is 16.6 Å². The zero-order valence-electron chi connectivity index (χ0n) is 9.75. The number of benzene rings is 2. The minimum absolute atomic E-state index is 1.01. The molecular formula is C15H14N2. The molecule has 0 radical (unpaired) electrons. The predicted octanol–water partition coefficient (Wildman–Crippen LogP) is 3.62. The summed E-state index contributed by atoms with van der Waals surface area (Å²) in [7, 11) is 0. The number of rotatable bonds is 0. The number of nitrogens with zero attached hydrogens (tertiary/aromatic N) is 2. The van der Waals surface area contributed by atoms with E-state index in [0.29, 0.717) is 0 Å². The maximum absolute atomic E-state index is 4.13. The maximum atomic E-state index is 4.13. The molecule has 0 aliphatic rings. The molecule has 0 bridgehead atoms. The summed E-state index contributed by atoms with van der Waals surface area (Å²) in [5.74, 6) is 0. The van der Waals surface area contributed by atoms with Crippen LogP contribution < -0.4 is 0 Å². The zero-order valence-corrected chi connectivity index (χ0v) is 9.75. The Morgan fingerprint density at radius 3 is 1.88 bits per heavy atom. The van der Waals surface area contributed by atoms with Gasteiger partial charge in [0.05, 0.1) is 5.52 Å². The Bertz CT molecular complexity index is 544. The fourth-order valence-electron chi connectivity index (χ4n) is 1.52. The second kappa shape index (κ2) is 5.75. The normalized spacial score (nSPS) is 9.47. The van der Waals surface area contributed by atoms with Gasteiger partial charge in [0, 0.05) is 11.1 Å². The van der Waals surface area contributed by atoms with Gasteiger partial charge in [-0.3, -0.25) is 0 Å². The van der Waals surface area contributed by atoms with Gasteiger partial charge in [0.2, 0.25) is 0 Å². The number of para-hydroxylation sites is 1. The summed E-state index contributed by atoms with van der Waals surface area (Å²) < 4.78 is 0. The van der Waals surface area contributed by atoms with E-state index in [-0.39, 0.29) is 0 Å². The predicted molar refractivity (Wildman–Crippen MR) is 70.7 cm³/mol. The molecule has 0 atom stereocenters. The van der Waals surface area contributed by atoms with Crippen LogP contribution in [-0.4, -0.2) is 9.97 Å². The number of aryl methyl sites for hydroxylation is 1. The molecule has 0 N–H and O–H groups in total. The maximum Gasteiger partial charge on any atom is 0.116 e. The average molecular weight is 222 g/mol. The first-order chi connectivity index (χ1) is 8.38.